The third kappa shape index (κ3) is 4.61. The second kappa shape index (κ2) is 7.01. The molecule has 1 rings (SSSR count). The van der Waals surface area contributed by atoms with Crippen molar-refractivity contribution in [2.24, 2.45) is 11.7 Å². The summed E-state index contributed by atoms with van der Waals surface area (Å²) < 4.78 is 24.0. The van der Waals surface area contributed by atoms with Crippen LogP contribution in [0.2, 0.25) is 0 Å². The van der Waals surface area contributed by atoms with E-state index >= 15 is 0 Å². The highest BCUT2D eigenvalue weighted by molar-refractivity contribution is 5.85. The van der Waals surface area contributed by atoms with Crippen LogP contribution in [0, 0.1) is 5.92 Å². The van der Waals surface area contributed by atoms with Crippen molar-refractivity contribution in [3.63, 3.8) is 0 Å². The molecule has 0 saturated heterocycles. The Hall–Kier alpha value is -0.420. The Bertz CT molecular complexity index is 229. The third-order valence-electron chi connectivity index (χ3n) is 2.99. The molecular formula is C10H19ClF2N2O. The van der Waals surface area contributed by atoms with E-state index in [-0.39, 0.29) is 30.3 Å². The van der Waals surface area contributed by atoms with Gasteiger partial charge in [-0.3, -0.25) is 4.79 Å². The summed E-state index contributed by atoms with van der Waals surface area (Å²) in [5, 5.41) is 0. The average molecular weight is 257 g/mol. The van der Waals surface area contributed by atoms with E-state index in [1.165, 1.54) is 7.05 Å². The standard InChI is InChI=1S/C10H18F2N2O.ClH/c1-14(6-9(11)12)10(15)5-7-3-2-4-8(7)13;/h7-9H,2-6,13H2,1H3;1H/t7-,8+;/m0./s1. The summed E-state index contributed by atoms with van der Waals surface area (Å²) in [6, 6.07) is 0.0638. The van der Waals surface area contributed by atoms with Gasteiger partial charge in [-0.1, -0.05) is 6.42 Å². The molecule has 0 unspecified atom stereocenters. The van der Waals surface area contributed by atoms with Crippen LogP contribution < -0.4 is 5.73 Å². The molecule has 2 N–H and O–H groups in total. The van der Waals surface area contributed by atoms with Crippen LogP contribution in [0.15, 0.2) is 0 Å². The number of alkyl halides is 2. The van der Waals surface area contributed by atoms with Crippen molar-refractivity contribution in [3.05, 3.63) is 0 Å². The quantitative estimate of drug-likeness (QED) is 0.831. The SMILES string of the molecule is CN(CC(F)F)C(=O)C[C@@H]1CCC[C@H]1N.Cl. The van der Waals surface area contributed by atoms with E-state index in [0.717, 1.165) is 24.2 Å². The van der Waals surface area contributed by atoms with Gasteiger partial charge in [-0.25, -0.2) is 8.78 Å². The number of hydrogen-bond donors (Lipinski definition) is 1. The van der Waals surface area contributed by atoms with Crippen molar-refractivity contribution in [2.75, 3.05) is 13.6 Å². The number of carbonyl (C=O) groups is 1. The molecule has 6 heteroatoms. The van der Waals surface area contributed by atoms with Crippen LogP contribution >= 0.6 is 12.4 Å². The van der Waals surface area contributed by atoms with E-state index in [9.17, 15) is 13.6 Å². The van der Waals surface area contributed by atoms with Crippen molar-refractivity contribution >= 4 is 18.3 Å². The molecule has 0 heterocycles. The van der Waals surface area contributed by atoms with Crippen molar-refractivity contribution in [1.29, 1.82) is 0 Å². The summed E-state index contributed by atoms with van der Waals surface area (Å²) in [7, 11) is 1.41. The van der Waals surface area contributed by atoms with Crippen molar-refractivity contribution < 1.29 is 13.6 Å². The van der Waals surface area contributed by atoms with Crippen LogP contribution in [-0.2, 0) is 4.79 Å². The summed E-state index contributed by atoms with van der Waals surface area (Å²) in [6.07, 6.45) is 0.768. The second-order valence-corrected chi connectivity index (χ2v) is 4.22. The average Bonchev–Trinajstić information content (AvgIpc) is 2.50. The van der Waals surface area contributed by atoms with Crippen LogP contribution in [0.4, 0.5) is 8.78 Å². The number of amides is 1. The Morgan fingerprint density at radius 3 is 2.56 bits per heavy atom. The van der Waals surface area contributed by atoms with Gasteiger partial charge in [0.05, 0.1) is 6.54 Å². The molecule has 0 aromatic rings. The molecule has 1 saturated carbocycles. The number of hydrogen-bond acceptors (Lipinski definition) is 2. The van der Waals surface area contributed by atoms with E-state index in [2.05, 4.69) is 0 Å². The van der Waals surface area contributed by atoms with Crippen LogP contribution in [-0.4, -0.2) is 36.9 Å². The lowest BCUT2D eigenvalue weighted by Gasteiger charge is -2.20. The van der Waals surface area contributed by atoms with Gasteiger partial charge in [0.15, 0.2) is 0 Å². The van der Waals surface area contributed by atoms with E-state index in [1.54, 1.807) is 0 Å². The van der Waals surface area contributed by atoms with Gasteiger partial charge in [0, 0.05) is 19.5 Å². The molecule has 0 spiro atoms. The fraction of sp³-hybridized carbons (Fsp3) is 0.900. The summed E-state index contributed by atoms with van der Waals surface area (Å²) in [4.78, 5) is 12.6. The lowest BCUT2D eigenvalue weighted by molar-refractivity contribution is -0.132. The number of halogens is 3. The fourth-order valence-corrected chi connectivity index (χ4v) is 2.01. The Morgan fingerprint density at radius 1 is 1.50 bits per heavy atom. The first-order valence-corrected chi connectivity index (χ1v) is 5.28. The summed E-state index contributed by atoms with van der Waals surface area (Å²) >= 11 is 0. The maximum atomic E-state index is 12.0. The first-order chi connectivity index (χ1) is 7.00. The van der Waals surface area contributed by atoms with E-state index in [1.807, 2.05) is 0 Å². The van der Waals surface area contributed by atoms with Crippen LogP contribution in [0.5, 0.6) is 0 Å². The normalized spacial score (nSPS) is 24.3. The Balaban J connectivity index is 0.00000225. The van der Waals surface area contributed by atoms with Crippen LogP contribution in [0.25, 0.3) is 0 Å². The first kappa shape index (κ1) is 15.6. The van der Waals surface area contributed by atoms with E-state index < -0.39 is 13.0 Å². The van der Waals surface area contributed by atoms with E-state index in [4.69, 9.17) is 5.73 Å². The van der Waals surface area contributed by atoms with Gasteiger partial charge in [0.1, 0.15) is 0 Å². The predicted molar refractivity (Wildman–Crippen MR) is 60.8 cm³/mol. The van der Waals surface area contributed by atoms with Gasteiger partial charge < -0.3 is 10.6 Å². The Kier molecular flexibility index (Phi) is 6.83. The van der Waals surface area contributed by atoms with Gasteiger partial charge in [-0.05, 0) is 18.8 Å². The summed E-state index contributed by atoms with van der Waals surface area (Å²) in [5.41, 5.74) is 5.81. The molecular weight excluding hydrogens is 238 g/mol. The predicted octanol–water partition coefficient (Wildman–Crippen LogP) is 1.65. The molecule has 0 aliphatic heterocycles. The molecule has 2 atom stereocenters. The lowest BCUT2D eigenvalue weighted by atomic mass is 9.99. The number of carbonyl (C=O) groups excluding carboxylic acids is 1. The minimum atomic E-state index is -2.46. The van der Waals surface area contributed by atoms with Crippen molar-refractivity contribution in [1.82, 2.24) is 4.90 Å². The lowest BCUT2D eigenvalue weighted by Crippen LogP contribution is -2.35. The second-order valence-electron chi connectivity index (χ2n) is 4.22. The highest BCUT2D eigenvalue weighted by atomic mass is 35.5. The highest BCUT2D eigenvalue weighted by Gasteiger charge is 2.27. The minimum Gasteiger partial charge on any atom is -0.340 e. The van der Waals surface area contributed by atoms with Crippen molar-refractivity contribution in [2.45, 2.75) is 38.2 Å². The monoisotopic (exact) mass is 256 g/mol. The molecule has 1 aliphatic carbocycles. The highest BCUT2D eigenvalue weighted by Crippen LogP contribution is 2.27. The molecule has 1 amide bonds. The van der Waals surface area contributed by atoms with Gasteiger partial charge in [0.2, 0.25) is 5.91 Å². The number of nitrogens with two attached hydrogens (primary N) is 1. The zero-order chi connectivity index (χ0) is 11.4. The van der Waals surface area contributed by atoms with Gasteiger partial charge in [-0.2, -0.15) is 0 Å². The van der Waals surface area contributed by atoms with Crippen molar-refractivity contribution in [3.8, 4) is 0 Å². The molecule has 96 valence electrons. The van der Waals surface area contributed by atoms with Gasteiger partial charge >= 0.3 is 0 Å². The number of rotatable bonds is 4. The fourth-order valence-electron chi connectivity index (χ4n) is 2.01. The van der Waals surface area contributed by atoms with Gasteiger partial charge in [0.25, 0.3) is 6.43 Å². The Labute approximate surface area is 101 Å². The molecule has 0 aromatic heterocycles. The largest absolute Gasteiger partial charge is 0.340 e. The van der Waals surface area contributed by atoms with E-state index in [0.29, 0.717) is 6.42 Å². The Morgan fingerprint density at radius 2 is 2.12 bits per heavy atom. The molecule has 1 fully saturated rings. The molecule has 1 aliphatic rings. The smallest absolute Gasteiger partial charge is 0.255 e. The molecule has 0 aromatic carbocycles. The topological polar surface area (TPSA) is 46.3 Å². The molecule has 16 heavy (non-hydrogen) atoms. The molecule has 0 bridgehead atoms. The maximum absolute atomic E-state index is 12.0. The van der Waals surface area contributed by atoms with Gasteiger partial charge in [-0.15, -0.1) is 12.4 Å². The number of nitrogens with zero attached hydrogens (tertiary/aromatic N) is 1. The molecule has 0 radical (unpaired) electrons. The van der Waals surface area contributed by atoms with Crippen LogP contribution in [0.1, 0.15) is 25.7 Å². The summed E-state index contributed by atoms with van der Waals surface area (Å²) in [6.45, 7) is -0.485. The third-order valence-corrected chi connectivity index (χ3v) is 2.99. The molecule has 3 nitrogen and oxygen atoms in total. The zero-order valence-electron chi connectivity index (χ0n) is 9.36. The zero-order valence-corrected chi connectivity index (χ0v) is 10.2. The first-order valence-electron chi connectivity index (χ1n) is 5.28. The summed E-state index contributed by atoms with van der Waals surface area (Å²) in [5.74, 6) is -0.0460. The van der Waals surface area contributed by atoms with Crippen LogP contribution in [0.3, 0.4) is 0 Å². The minimum absolute atomic E-state index is 0. The maximum Gasteiger partial charge on any atom is 0.255 e.